The number of nitrogens with one attached hydrogen (secondary N) is 2. The molecule has 3 rings (SSSR count). The smallest absolute Gasteiger partial charge is 0.407 e. The summed E-state index contributed by atoms with van der Waals surface area (Å²) in [5.41, 5.74) is 4.78. The Labute approximate surface area is 184 Å². The van der Waals surface area contributed by atoms with Crippen molar-refractivity contribution >= 4 is 17.5 Å². The van der Waals surface area contributed by atoms with Crippen LogP contribution in [0, 0.1) is 0 Å². The molecular weight excluding hydrogens is 388 g/mol. The summed E-state index contributed by atoms with van der Waals surface area (Å²) in [5.74, 6) is 0.838. The van der Waals surface area contributed by atoms with Crippen molar-refractivity contribution in [1.82, 2.24) is 5.32 Å². The minimum Gasteiger partial charge on any atom is -0.496 e. The van der Waals surface area contributed by atoms with Gasteiger partial charge >= 0.3 is 6.09 Å². The molecule has 0 aromatic heterocycles. The largest absolute Gasteiger partial charge is 0.496 e. The second-order valence-corrected chi connectivity index (χ2v) is 8.28. The van der Waals surface area contributed by atoms with E-state index in [1.807, 2.05) is 63.2 Å². The highest BCUT2D eigenvalue weighted by Crippen LogP contribution is 2.33. The van der Waals surface area contributed by atoms with Crippen molar-refractivity contribution in [3.05, 3.63) is 78.4 Å². The fourth-order valence-corrected chi connectivity index (χ4v) is 3.17. The summed E-state index contributed by atoms with van der Waals surface area (Å²) < 4.78 is 10.8. The van der Waals surface area contributed by atoms with Crippen molar-refractivity contribution in [2.75, 3.05) is 19.0 Å². The third-order valence-electron chi connectivity index (χ3n) is 4.61. The molecule has 5 heteroatoms. The van der Waals surface area contributed by atoms with Crippen LogP contribution in [-0.2, 0) is 11.2 Å². The van der Waals surface area contributed by atoms with E-state index in [0.29, 0.717) is 6.54 Å². The molecule has 0 spiro atoms. The Morgan fingerprint density at radius 1 is 0.903 bits per heavy atom. The van der Waals surface area contributed by atoms with Crippen LogP contribution in [0.5, 0.6) is 5.75 Å². The number of carbonyl (C=O) groups is 1. The summed E-state index contributed by atoms with van der Waals surface area (Å²) in [4.78, 5) is 11.7. The highest BCUT2D eigenvalue weighted by molar-refractivity contribution is 5.76. The Hall–Kier alpha value is -3.47. The zero-order chi connectivity index (χ0) is 22.3. The van der Waals surface area contributed by atoms with Gasteiger partial charge in [0.15, 0.2) is 0 Å². The number of carbonyl (C=O) groups excluding carboxylic acids is 1. The molecule has 0 unspecified atom stereocenters. The van der Waals surface area contributed by atoms with Crippen LogP contribution < -0.4 is 15.4 Å². The van der Waals surface area contributed by atoms with Crippen LogP contribution in [0.2, 0.25) is 0 Å². The Kier molecular flexibility index (Phi) is 7.19. The van der Waals surface area contributed by atoms with Crippen molar-refractivity contribution in [2.24, 2.45) is 0 Å². The summed E-state index contributed by atoms with van der Waals surface area (Å²) >= 11 is 0. The van der Waals surface area contributed by atoms with E-state index in [0.717, 1.165) is 40.2 Å². The molecule has 0 aliphatic heterocycles. The van der Waals surface area contributed by atoms with Gasteiger partial charge in [-0.1, -0.05) is 42.5 Å². The maximum absolute atomic E-state index is 11.7. The van der Waals surface area contributed by atoms with E-state index in [9.17, 15) is 4.79 Å². The van der Waals surface area contributed by atoms with E-state index in [1.165, 1.54) is 0 Å². The van der Waals surface area contributed by atoms with Gasteiger partial charge in [0.2, 0.25) is 0 Å². The van der Waals surface area contributed by atoms with Crippen LogP contribution in [0.15, 0.2) is 72.8 Å². The Balaban J connectivity index is 1.60. The van der Waals surface area contributed by atoms with Gasteiger partial charge in [-0.3, -0.25) is 0 Å². The molecule has 0 fully saturated rings. The zero-order valence-electron chi connectivity index (χ0n) is 18.6. The van der Waals surface area contributed by atoms with Crippen LogP contribution in [0.25, 0.3) is 11.1 Å². The van der Waals surface area contributed by atoms with Crippen LogP contribution in [0.3, 0.4) is 0 Å². The predicted molar refractivity (Wildman–Crippen MR) is 126 cm³/mol. The van der Waals surface area contributed by atoms with E-state index in [2.05, 4.69) is 41.0 Å². The van der Waals surface area contributed by atoms with Crippen LogP contribution in [0.4, 0.5) is 16.2 Å². The number of alkyl carbamates (subject to hydrolysis) is 1. The number of hydrogen-bond donors (Lipinski definition) is 2. The molecule has 0 atom stereocenters. The first-order valence-corrected chi connectivity index (χ1v) is 10.4. The number of rotatable bonds is 7. The second kappa shape index (κ2) is 10.0. The van der Waals surface area contributed by atoms with Gasteiger partial charge in [-0.15, -0.1) is 0 Å². The quantitative estimate of drug-likeness (QED) is 0.481. The van der Waals surface area contributed by atoms with Gasteiger partial charge in [0.1, 0.15) is 11.4 Å². The molecule has 0 aliphatic rings. The van der Waals surface area contributed by atoms with Gasteiger partial charge in [0.05, 0.1) is 7.11 Å². The summed E-state index contributed by atoms with van der Waals surface area (Å²) in [6, 6.07) is 24.4. The Morgan fingerprint density at radius 3 is 2.23 bits per heavy atom. The van der Waals surface area contributed by atoms with Gasteiger partial charge in [-0.25, -0.2) is 4.79 Å². The molecule has 1 amide bonds. The van der Waals surface area contributed by atoms with Crippen LogP contribution in [0.1, 0.15) is 26.3 Å². The number of hydrogen-bond acceptors (Lipinski definition) is 4. The lowest BCUT2D eigenvalue weighted by atomic mass is 10.0. The SMILES string of the molecule is COc1ccc(Nc2ccc(CCNC(=O)OC(C)(C)C)cc2)cc1-c1ccccc1. The van der Waals surface area contributed by atoms with Crippen molar-refractivity contribution in [2.45, 2.75) is 32.8 Å². The van der Waals surface area contributed by atoms with E-state index in [-0.39, 0.29) is 6.09 Å². The number of methoxy groups -OCH3 is 1. The van der Waals surface area contributed by atoms with Gasteiger partial charge in [0.25, 0.3) is 0 Å². The normalized spacial score (nSPS) is 11.0. The number of ether oxygens (including phenoxy) is 2. The van der Waals surface area contributed by atoms with Crippen LogP contribution in [-0.4, -0.2) is 25.3 Å². The molecular formula is C26H30N2O3. The average molecular weight is 419 g/mol. The third kappa shape index (κ3) is 6.78. The summed E-state index contributed by atoms with van der Waals surface area (Å²) in [7, 11) is 1.69. The second-order valence-electron chi connectivity index (χ2n) is 8.28. The lowest BCUT2D eigenvalue weighted by molar-refractivity contribution is 0.0528. The third-order valence-corrected chi connectivity index (χ3v) is 4.61. The molecule has 0 radical (unpaired) electrons. The van der Waals surface area contributed by atoms with Gasteiger partial charge < -0.3 is 20.1 Å². The molecule has 3 aromatic carbocycles. The maximum atomic E-state index is 11.7. The Bertz CT molecular complexity index is 993. The van der Waals surface area contributed by atoms with E-state index >= 15 is 0 Å². The summed E-state index contributed by atoms with van der Waals surface area (Å²) in [6.07, 6.45) is 0.347. The topological polar surface area (TPSA) is 59.6 Å². The van der Waals surface area contributed by atoms with Crippen LogP contribution >= 0.6 is 0 Å². The molecule has 0 saturated carbocycles. The fraction of sp³-hybridized carbons (Fsp3) is 0.269. The van der Waals surface area contributed by atoms with Crippen molar-refractivity contribution in [3.8, 4) is 16.9 Å². The highest BCUT2D eigenvalue weighted by Gasteiger charge is 2.15. The number of anilines is 2. The number of benzene rings is 3. The zero-order valence-corrected chi connectivity index (χ0v) is 18.6. The minimum absolute atomic E-state index is 0.389. The first-order chi connectivity index (χ1) is 14.8. The lowest BCUT2D eigenvalue weighted by Gasteiger charge is -2.19. The predicted octanol–water partition coefficient (Wildman–Crippen LogP) is 6.17. The van der Waals surface area contributed by atoms with E-state index in [4.69, 9.17) is 9.47 Å². The molecule has 162 valence electrons. The molecule has 0 aliphatic carbocycles. The molecule has 0 bridgehead atoms. The first-order valence-electron chi connectivity index (χ1n) is 10.4. The van der Waals surface area contributed by atoms with Gasteiger partial charge in [-0.2, -0.15) is 0 Å². The monoisotopic (exact) mass is 418 g/mol. The average Bonchev–Trinajstić information content (AvgIpc) is 2.74. The molecule has 31 heavy (non-hydrogen) atoms. The minimum atomic E-state index is -0.487. The molecule has 3 aromatic rings. The molecule has 2 N–H and O–H groups in total. The number of amides is 1. The highest BCUT2D eigenvalue weighted by atomic mass is 16.6. The van der Waals surface area contributed by atoms with Crippen molar-refractivity contribution < 1.29 is 14.3 Å². The van der Waals surface area contributed by atoms with Crippen molar-refractivity contribution in [1.29, 1.82) is 0 Å². The van der Waals surface area contributed by atoms with Crippen molar-refractivity contribution in [3.63, 3.8) is 0 Å². The van der Waals surface area contributed by atoms with Gasteiger partial charge in [-0.05, 0) is 68.7 Å². The first kappa shape index (κ1) is 22.2. The standard InChI is InChI=1S/C26H30N2O3/c1-26(2,3)31-25(29)27-17-16-19-10-12-21(13-11-19)28-22-14-15-24(30-4)23(18-22)20-8-6-5-7-9-20/h5-15,18,28H,16-17H2,1-4H3,(H,27,29). The van der Waals surface area contributed by atoms with E-state index in [1.54, 1.807) is 7.11 Å². The molecule has 0 saturated heterocycles. The Morgan fingerprint density at radius 2 is 1.58 bits per heavy atom. The van der Waals surface area contributed by atoms with E-state index < -0.39 is 5.60 Å². The molecule has 0 heterocycles. The lowest BCUT2D eigenvalue weighted by Crippen LogP contribution is -2.33. The molecule has 5 nitrogen and oxygen atoms in total. The maximum Gasteiger partial charge on any atom is 0.407 e. The summed E-state index contributed by atoms with van der Waals surface area (Å²) in [5, 5.41) is 6.23. The van der Waals surface area contributed by atoms with Gasteiger partial charge in [0, 0.05) is 23.5 Å². The fourth-order valence-electron chi connectivity index (χ4n) is 3.17. The summed E-state index contributed by atoms with van der Waals surface area (Å²) in [6.45, 7) is 6.08.